The Morgan fingerprint density at radius 2 is 1.89 bits per heavy atom. The number of rotatable bonds is 3. The number of likely N-dealkylation sites (tertiary alicyclic amines) is 1. The zero-order valence-corrected chi connectivity index (χ0v) is 16.9. The van der Waals surface area contributed by atoms with Crippen LogP contribution in [0.15, 0.2) is 36.7 Å². The Balaban J connectivity index is 1.37. The van der Waals surface area contributed by atoms with Crippen molar-refractivity contribution >= 4 is 16.6 Å². The first kappa shape index (κ1) is 17.7. The summed E-state index contributed by atoms with van der Waals surface area (Å²) in [4.78, 5) is 17.8. The van der Waals surface area contributed by atoms with Crippen LogP contribution >= 0.6 is 0 Å². The molecular formula is C23H29N5. The van der Waals surface area contributed by atoms with Gasteiger partial charge in [-0.2, -0.15) is 0 Å². The number of aromatic amines is 1. The molecule has 5 nitrogen and oxygen atoms in total. The standard InChI is InChI=1S/C23H29N5/c1-17-14-22(19-6-3-4-7-20(19)26-17)27-12-9-23(10-13-27)8-5-11-28(23)15-21-18(2)24-16-25-21/h3-4,6-7,14,16H,5,8-13,15H2,1-2H3,(H,24,25). The summed E-state index contributed by atoms with van der Waals surface area (Å²) in [6.07, 6.45) is 6.91. The SMILES string of the molecule is Cc1cc(N2CCC3(CCCN3Cc3nc[nH]c3C)CC2)c2ccccc2n1. The molecule has 2 aliphatic rings. The summed E-state index contributed by atoms with van der Waals surface area (Å²) in [5.74, 6) is 0. The van der Waals surface area contributed by atoms with Gasteiger partial charge in [0.2, 0.25) is 0 Å². The molecule has 2 aromatic heterocycles. The summed E-state index contributed by atoms with van der Waals surface area (Å²) in [6.45, 7) is 8.64. The van der Waals surface area contributed by atoms with Crippen molar-refractivity contribution in [2.24, 2.45) is 0 Å². The number of para-hydroxylation sites is 1. The first-order valence-corrected chi connectivity index (χ1v) is 10.5. The Hall–Kier alpha value is -2.40. The quantitative estimate of drug-likeness (QED) is 0.745. The fraction of sp³-hybridized carbons (Fsp3) is 0.478. The molecule has 3 aromatic rings. The van der Waals surface area contributed by atoms with Crippen LogP contribution in [0, 0.1) is 13.8 Å². The third kappa shape index (κ3) is 2.98. The van der Waals surface area contributed by atoms with Crippen molar-refractivity contribution in [3.05, 3.63) is 53.7 Å². The monoisotopic (exact) mass is 375 g/mol. The smallest absolute Gasteiger partial charge is 0.0925 e. The Labute approximate surface area is 166 Å². The topological polar surface area (TPSA) is 48.0 Å². The van der Waals surface area contributed by atoms with E-state index in [4.69, 9.17) is 4.98 Å². The molecule has 0 amide bonds. The second-order valence-corrected chi connectivity index (χ2v) is 8.51. The van der Waals surface area contributed by atoms with Crippen LogP contribution in [0.1, 0.15) is 42.8 Å². The molecule has 5 heteroatoms. The lowest BCUT2D eigenvalue weighted by Gasteiger charge is -2.46. The number of piperidine rings is 1. The van der Waals surface area contributed by atoms with Gasteiger partial charge in [-0.3, -0.25) is 9.88 Å². The summed E-state index contributed by atoms with van der Waals surface area (Å²) in [6, 6.07) is 10.8. The molecule has 5 rings (SSSR count). The maximum Gasteiger partial charge on any atom is 0.0925 e. The molecule has 146 valence electrons. The molecule has 2 saturated heterocycles. The summed E-state index contributed by atoms with van der Waals surface area (Å²) >= 11 is 0. The number of fused-ring (bicyclic) bond motifs is 1. The molecular weight excluding hydrogens is 346 g/mol. The minimum atomic E-state index is 0.347. The molecule has 0 atom stereocenters. The van der Waals surface area contributed by atoms with Gasteiger partial charge in [-0.05, 0) is 58.2 Å². The van der Waals surface area contributed by atoms with Crippen molar-refractivity contribution in [1.29, 1.82) is 0 Å². The lowest BCUT2D eigenvalue weighted by atomic mass is 9.84. The van der Waals surface area contributed by atoms with E-state index >= 15 is 0 Å². The number of H-pyrrole nitrogens is 1. The summed E-state index contributed by atoms with van der Waals surface area (Å²) in [5.41, 5.74) is 6.32. The second-order valence-electron chi connectivity index (χ2n) is 8.51. The maximum atomic E-state index is 4.72. The second kappa shape index (κ2) is 6.89. The first-order valence-electron chi connectivity index (χ1n) is 10.5. The normalized spacial score (nSPS) is 19.7. The van der Waals surface area contributed by atoms with Gasteiger partial charge >= 0.3 is 0 Å². The van der Waals surface area contributed by atoms with Crippen molar-refractivity contribution in [2.75, 3.05) is 24.5 Å². The number of benzene rings is 1. The van der Waals surface area contributed by atoms with Gasteiger partial charge in [0.25, 0.3) is 0 Å². The Kier molecular flexibility index (Phi) is 4.35. The summed E-state index contributed by atoms with van der Waals surface area (Å²) in [5, 5.41) is 1.28. The van der Waals surface area contributed by atoms with Crippen LogP contribution in [-0.4, -0.2) is 45.0 Å². The van der Waals surface area contributed by atoms with Gasteiger partial charge in [-0.1, -0.05) is 18.2 Å². The highest BCUT2D eigenvalue weighted by Gasteiger charge is 2.43. The van der Waals surface area contributed by atoms with E-state index in [1.54, 1.807) is 0 Å². The number of aromatic nitrogens is 3. The lowest BCUT2D eigenvalue weighted by molar-refractivity contribution is 0.0985. The van der Waals surface area contributed by atoms with Crippen molar-refractivity contribution in [1.82, 2.24) is 19.9 Å². The number of hydrogen-bond donors (Lipinski definition) is 1. The minimum Gasteiger partial charge on any atom is -0.371 e. The van der Waals surface area contributed by atoms with Crippen LogP contribution in [0.3, 0.4) is 0 Å². The molecule has 4 heterocycles. The van der Waals surface area contributed by atoms with Crippen LogP contribution in [-0.2, 0) is 6.54 Å². The van der Waals surface area contributed by atoms with Crippen molar-refractivity contribution in [3.63, 3.8) is 0 Å². The van der Waals surface area contributed by atoms with E-state index < -0.39 is 0 Å². The Morgan fingerprint density at radius 3 is 2.68 bits per heavy atom. The summed E-state index contributed by atoms with van der Waals surface area (Å²) < 4.78 is 0. The number of nitrogens with one attached hydrogen (secondary N) is 1. The van der Waals surface area contributed by atoms with E-state index in [0.717, 1.165) is 30.8 Å². The largest absolute Gasteiger partial charge is 0.371 e. The van der Waals surface area contributed by atoms with Gasteiger partial charge < -0.3 is 9.88 Å². The zero-order chi connectivity index (χ0) is 19.1. The van der Waals surface area contributed by atoms with E-state index in [1.165, 1.54) is 54.7 Å². The van der Waals surface area contributed by atoms with E-state index in [9.17, 15) is 0 Å². The Bertz CT molecular complexity index is 984. The van der Waals surface area contributed by atoms with Crippen molar-refractivity contribution < 1.29 is 0 Å². The van der Waals surface area contributed by atoms with Gasteiger partial charge in [0.1, 0.15) is 0 Å². The number of anilines is 1. The molecule has 0 saturated carbocycles. The van der Waals surface area contributed by atoms with Crippen LogP contribution in [0.2, 0.25) is 0 Å². The average Bonchev–Trinajstić information content (AvgIpc) is 3.29. The first-order chi connectivity index (χ1) is 13.6. The van der Waals surface area contributed by atoms with Gasteiger partial charge in [0.15, 0.2) is 0 Å². The molecule has 0 unspecified atom stereocenters. The fourth-order valence-corrected chi connectivity index (χ4v) is 5.25. The molecule has 1 N–H and O–H groups in total. The molecule has 1 aromatic carbocycles. The molecule has 1 spiro atoms. The maximum absolute atomic E-state index is 4.72. The van der Waals surface area contributed by atoms with Crippen LogP contribution in [0.25, 0.3) is 10.9 Å². The van der Waals surface area contributed by atoms with Crippen LogP contribution in [0.5, 0.6) is 0 Å². The molecule has 28 heavy (non-hydrogen) atoms. The molecule has 0 bridgehead atoms. The number of aryl methyl sites for hydroxylation is 2. The average molecular weight is 376 g/mol. The van der Waals surface area contributed by atoms with Crippen molar-refractivity contribution in [2.45, 2.75) is 51.6 Å². The molecule has 0 radical (unpaired) electrons. The van der Waals surface area contributed by atoms with Gasteiger partial charge in [-0.15, -0.1) is 0 Å². The number of nitrogens with zero attached hydrogens (tertiary/aromatic N) is 4. The van der Waals surface area contributed by atoms with Gasteiger partial charge in [0.05, 0.1) is 17.5 Å². The highest BCUT2D eigenvalue weighted by molar-refractivity contribution is 5.92. The summed E-state index contributed by atoms with van der Waals surface area (Å²) in [7, 11) is 0. The predicted octanol–water partition coefficient (Wildman–Crippen LogP) is 4.21. The van der Waals surface area contributed by atoms with Gasteiger partial charge in [-0.25, -0.2) is 4.98 Å². The third-order valence-corrected chi connectivity index (χ3v) is 6.87. The number of pyridine rings is 1. The van der Waals surface area contributed by atoms with Crippen LogP contribution < -0.4 is 4.90 Å². The van der Waals surface area contributed by atoms with E-state index in [-0.39, 0.29) is 0 Å². The predicted molar refractivity (Wildman–Crippen MR) is 114 cm³/mol. The van der Waals surface area contributed by atoms with Crippen molar-refractivity contribution in [3.8, 4) is 0 Å². The minimum absolute atomic E-state index is 0.347. The van der Waals surface area contributed by atoms with E-state index in [1.807, 2.05) is 6.33 Å². The van der Waals surface area contributed by atoms with Crippen LogP contribution in [0.4, 0.5) is 5.69 Å². The number of imidazole rings is 1. The fourth-order valence-electron chi connectivity index (χ4n) is 5.25. The van der Waals surface area contributed by atoms with E-state index in [2.05, 4.69) is 63.9 Å². The third-order valence-electron chi connectivity index (χ3n) is 6.87. The van der Waals surface area contributed by atoms with Gasteiger partial charge in [0, 0.05) is 47.6 Å². The molecule has 2 fully saturated rings. The number of hydrogen-bond acceptors (Lipinski definition) is 4. The lowest BCUT2D eigenvalue weighted by Crippen LogP contribution is -2.52. The zero-order valence-electron chi connectivity index (χ0n) is 16.9. The highest BCUT2D eigenvalue weighted by atomic mass is 15.3. The molecule has 2 aliphatic heterocycles. The highest BCUT2D eigenvalue weighted by Crippen LogP contribution is 2.41. The molecule has 0 aliphatic carbocycles. The Morgan fingerprint density at radius 1 is 1.07 bits per heavy atom. The van der Waals surface area contributed by atoms with E-state index in [0.29, 0.717) is 5.54 Å².